The van der Waals surface area contributed by atoms with Gasteiger partial charge in [-0.15, -0.1) is 15.3 Å². The molecule has 1 aromatic carbocycles. The summed E-state index contributed by atoms with van der Waals surface area (Å²) in [7, 11) is 1.40. The van der Waals surface area contributed by atoms with Gasteiger partial charge in [0.2, 0.25) is 0 Å². The van der Waals surface area contributed by atoms with Crippen molar-refractivity contribution in [2.75, 3.05) is 7.11 Å². The molecule has 0 bridgehead atoms. The number of benzene rings is 1. The van der Waals surface area contributed by atoms with Crippen molar-refractivity contribution in [3.8, 4) is 11.4 Å². The molecule has 0 radical (unpaired) electrons. The molecule has 4 heterocycles. The van der Waals surface area contributed by atoms with E-state index in [1.54, 1.807) is 21.5 Å². The molecule has 11 heteroatoms. The maximum absolute atomic E-state index is 15.1. The number of ketones is 1. The summed E-state index contributed by atoms with van der Waals surface area (Å²) in [5.74, 6) is 0.0262. The summed E-state index contributed by atoms with van der Waals surface area (Å²) in [5.41, 5.74) is 4.14. The summed E-state index contributed by atoms with van der Waals surface area (Å²) in [6.07, 6.45) is 11.4. The lowest BCUT2D eigenvalue weighted by Crippen LogP contribution is -2.07. The zero-order valence-electron chi connectivity index (χ0n) is 19.6. The quantitative estimate of drug-likeness (QED) is 0.294. The Balaban J connectivity index is 1.16. The lowest BCUT2D eigenvalue weighted by Gasteiger charge is -2.13. The minimum Gasteiger partial charge on any atom is -0.494 e. The van der Waals surface area contributed by atoms with Gasteiger partial charge >= 0.3 is 0 Å². The van der Waals surface area contributed by atoms with Crippen LogP contribution in [-0.4, -0.2) is 52.0 Å². The van der Waals surface area contributed by atoms with Gasteiger partial charge in [-0.3, -0.25) is 9.36 Å². The van der Waals surface area contributed by atoms with E-state index >= 15 is 4.39 Å². The van der Waals surface area contributed by atoms with E-state index in [4.69, 9.17) is 4.74 Å². The minimum atomic E-state index is -0.517. The van der Waals surface area contributed by atoms with Crippen LogP contribution >= 0.6 is 0 Å². The number of aromatic nitrogens is 8. The average Bonchev–Trinajstić information content (AvgIpc) is 3.24. The lowest BCUT2D eigenvalue weighted by atomic mass is 10.0. The molecule has 0 aliphatic heterocycles. The maximum atomic E-state index is 15.1. The zero-order valence-corrected chi connectivity index (χ0v) is 19.6. The molecule has 1 aliphatic carbocycles. The molecule has 0 N–H and O–H groups in total. The number of carbonyl (C=O) groups excluding carboxylic acids is 1. The Bertz CT molecular complexity index is 1550. The van der Waals surface area contributed by atoms with Crippen molar-refractivity contribution in [2.24, 2.45) is 0 Å². The van der Waals surface area contributed by atoms with Gasteiger partial charge in [0.15, 0.2) is 17.3 Å². The predicted molar refractivity (Wildman–Crippen MR) is 127 cm³/mol. The molecular formula is C25H23FN8O2. The van der Waals surface area contributed by atoms with Crippen LogP contribution in [0.3, 0.4) is 0 Å². The van der Waals surface area contributed by atoms with Gasteiger partial charge in [0.1, 0.15) is 24.0 Å². The van der Waals surface area contributed by atoms with Gasteiger partial charge in [-0.25, -0.2) is 14.1 Å². The van der Waals surface area contributed by atoms with Crippen LogP contribution in [0.25, 0.3) is 11.3 Å². The average molecular weight is 487 g/mol. The Hall–Kier alpha value is -4.41. The van der Waals surface area contributed by atoms with E-state index in [0.29, 0.717) is 23.7 Å². The van der Waals surface area contributed by atoms with E-state index in [9.17, 15) is 4.79 Å². The number of rotatable bonds is 9. The van der Waals surface area contributed by atoms with Crippen molar-refractivity contribution in [1.29, 1.82) is 0 Å². The normalized spacial score (nSPS) is 13.4. The fraction of sp³-hybridized carbons (Fsp3) is 0.280. The molecule has 6 rings (SSSR count). The first-order valence-corrected chi connectivity index (χ1v) is 11.7. The van der Waals surface area contributed by atoms with Crippen LogP contribution < -0.4 is 4.74 Å². The number of methoxy groups -OCH3 is 1. The Morgan fingerprint density at radius 2 is 1.94 bits per heavy atom. The summed E-state index contributed by atoms with van der Waals surface area (Å²) in [6, 6.07) is 7.41. The van der Waals surface area contributed by atoms with Gasteiger partial charge in [-0.1, -0.05) is 11.3 Å². The first kappa shape index (κ1) is 22.1. The van der Waals surface area contributed by atoms with Crippen LogP contribution in [0, 0.1) is 5.82 Å². The molecule has 1 aliphatic rings. The van der Waals surface area contributed by atoms with E-state index in [2.05, 4.69) is 37.8 Å². The Morgan fingerprint density at radius 3 is 2.72 bits per heavy atom. The molecule has 0 atom stereocenters. The van der Waals surface area contributed by atoms with Crippen LogP contribution in [0.1, 0.15) is 52.5 Å². The first-order valence-electron chi connectivity index (χ1n) is 11.7. The van der Waals surface area contributed by atoms with Crippen molar-refractivity contribution < 1.29 is 13.9 Å². The van der Waals surface area contributed by atoms with E-state index < -0.39 is 5.82 Å². The standard InChI is InChI=1S/C25H23FN8O2/c1-36-23-8-6-21(33-14-27-28-15-33)19(25(23)26)5-7-22(35)20-13-34(31-30-20)12-18-11-32-10-17(16-2-3-16)4-9-24(32)29-18/h4,6,8-11,13-16H,2-3,5,7,12H2,1H3. The van der Waals surface area contributed by atoms with Crippen molar-refractivity contribution in [3.63, 3.8) is 0 Å². The zero-order chi connectivity index (χ0) is 24.6. The largest absolute Gasteiger partial charge is 0.494 e. The SMILES string of the molecule is COc1ccc(-n2cnnc2)c(CCC(=O)c2cn(Cc3cn4cc(C5CC5)ccc4n3)nn2)c1F. The number of pyridine rings is 1. The van der Waals surface area contributed by atoms with Gasteiger partial charge in [0.05, 0.1) is 31.2 Å². The molecule has 5 aromatic rings. The second kappa shape index (κ2) is 8.99. The summed E-state index contributed by atoms with van der Waals surface area (Å²) in [6.45, 7) is 0.392. The van der Waals surface area contributed by atoms with Crippen molar-refractivity contribution in [3.05, 3.63) is 83.8 Å². The predicted octanol–water partition coefficient (Wildman–Crippen LogP) is 3.40. The second-order valence-electron chi connectivity index (χ2n) is 8.91. The molecule has 10 nitrogen and oxygen atoms in total. The third kappa shape index (κ3) is 4.23. The lowest BCUT2D eigenvalue weighted by molar-refractivity contribution is 0.0977. The number of hydrogen-bond donors (Lipinski definition) is 0. The molecule has 0 saturated heterocycles. The summed E-state index contributed by atoms with van der Waals surface area (Å²) in [4.78, 5) is 17.5. The smallest absolute Gasteiger partial charge is 0.185 e. The van der Waals surface area contributed by atoms with Crippen molar-refractivity contribution >= 4 is 11.4 Å². The van der Waals surface area contributed by atoms with Gasteiger partial charge in [0, 0.05) is 24.4 Å². The molecule has 36 heavy (non-hydrogen) atoms. The van der Waals surface area contributed by atoms with Crippen LogP contribution in [0.5, 0.6) is 5.75 Å². The summed E-state index contributed by atoms with van der Waals surface area (Å²) in [5, 5.41) is 15.7. The van der Waals surface area contributed by atoms with E-state index in [-0.39, 0.29) is 30.1 Å². The molecule has 0 spiro atoms. The number of ether oxygens (including phenoxy) is 1. The summed E-state index contributed by atoms with van der Waals surface area (Å²) < 4.78 is 25.4. The molecule has 1 fully saturated rings. The monoisotopic (exact) mass is 486 g/mol. The number of Topliss-reactive ketones (excluding diaryl/α,β-unsaturated/α-hetero) is 1. The van der Waals surface area contributed by atoms with Crippen LogP contribution in [0.4, 0.5) is 4.39 Å². The fourth-order valence-corrected chi connectivity index (χ4v) is 4.38. The van der Waals surface area contributed by atoms with E-state index in [1.807, 2.05) is 16.7 Å². The molecule has 1 saturated carbocycles. The fourth-order valence-electron chi connectivity index (χ4n) is 4.38. The Morgan fingerprint density at radius 1 is 1.11 bits per heavy atom. The van der Waals surface area contributed by atoms with E-state index in [0.717, 1.165) is 11.3 Å². The van der Waals surface area contributed by atoms with Crippen molar-refractivity contribution in [2.45, 2.75) is 38.1 Å². The van der Waals surface area contributed by atoms with Gasteiger partial charge in [0.25, 0.3) is 0 Å². The highest BCUT2D eigenvalue weighted by Gasteiger charge is 2.24. The van der Waals surface area contributed by atoms with Gasteiger partial charge < -0.3 is 9.14 Å². The van der Waals surface area contributed by atoms with Gasteiger partial charge in [-0.05, 0) is 48.9 Å². The highest BCUT2D eigenvalue weighted by molar-refractivity contribution is 5.94. The van der Waals surface area contributed by atoms with Crippen LogP contribution in [0.2, 0.25) is 0 Å². The molecule has 182 valence electrons. The maximum Gasteiger partial charge on any atom is 0.185 e. The minimum absolute atomic E-state index is 0.0518. The highest BCUT2D eigenvalue weighted by atomic mass is 19.1. The molecule has 4 aromatic heterocycles. The van der Waals surface area contributed by atoms with Crippen molar-refractivity contribution in [1.82, 2.24) is 39.1 Å². The molecular weight excluding hydrogens is 463 g/mol. The highest BCUT2D eigenvalue weighted by Crippen LogP contribution is 2.39. The third-order valence-electron chi connectivity index (χ3n) is 6.42. The number of carbonyl (C=O) groups is 1. The number of imidazole rings is 1. The third-order valence-corrected chi connectivity index (χ3v) is 6.42. The van der Waals surface area contributed by atoms with Gasteiger partial charge in [-0.2, -0.15) is 0 Å². The number of fused-ring (bicyclic) bond motifs is 1. The first-order chi connectivity index (χ1) is 17.6. The number of halogens is 1. The van der Waals surface area contributed by atoms with Crippen LogP contribution in [0.15, 0.2) is 55.5 Å². The second-order valence-corrected chi connectivity index (χ2v) is 8.91. The number of hydrogen-bond acceptors (Lipinski definition) is 7. The Labute approximate surface area is 205 Å². The summed E-state index contributed by atoms with van der Waals surface area (Å²) >= 11 is 0. The van der Waals surface area contributed by atoms with Crippen LogP contribution in [-0.2, 0) is 13.0 Å². The topological polar surface area (TPSA) is 105 Å². The number of nitrogens with zero attached hydrogens (tertiary/aromatic N) is 8. The Kier molecular flexibility index (Phi) is 5.51. The molecule has 0 unspecified atom stereocenters. The molecule has 0 amide bonds. The van der Waals surface area contributed by atoms with E-state index in [1.165, 1.54) is 44.2 Å².